The molecule has 0 amide bonds. The molecule has 0 aliphatic rings. The molecule has 0 fully saturated rings. The number of furan rings is 1. The van der Waals surface area contributed by atoms with Gasteiger partial charge in [-0.25, -0.2) is 9.18 Å². The number of rotatable bonds is 6. The van der Waals surface area contributed by atoms with Crippen molar-refractivity contribution in [2.24, 2.45) is 0 Å². The molecule has 0 aliphatic heterocycles. The van der Waals surface area contributed by atoms with Gasteiger partial charge in [0.25, 0.3) is 0 Å². The van der Waals surface area contributed by atoms with Crippen LogP contribution in [0, 0.1) is 11.2 Å². The lowest BCUT2D eigenvalue weighted by Crippen LogP contribution is -2.14. The van der Waals surface area contributed by atoms with Gasteiger partial charge < -0.3 is 19.7 Å². The number of esters is 1. The third kappa shape index (κ3) is 4.41. The number of carbonyl (C=O) groups excluding carboxylic acids is 2. The molecular formula is C18H16FNO5. The van der Waals surface area contributed by atoms with Crippen LogP contribution in [0.1, 0.15) is 24.4 Å². The second kappa shape index (κ2) is 7.57. The Morgan fingerprint density at radius 3 is 2.36 bits per heavy atom. The molecule has 0 radical (unpaired) electrons. The van der Waals surface area contributed by atoms with Gasteiger partial charge >= 0.3 is 5.97 Å². The van der Waals surface area contributed by atoms with Crippen LogP contribution in [0.5, 0.6) is 0 Å². The molecule has 0 atom stereocenters. The lowest BCUT2D eigenvalue weighted by molar-refractivity contribution is -0.113. The maximum absolute atomic E-state index is 12.9. The molecule has 1 aromatic heterocycles. The molecule has 130 valence electrons. The molecule has 0 unspecified atom stereocenters. The highest BCUT2D eigenvalue weighted by atomic mass is 19.1. The number of carbonyl (C=O) groups is 2. The number of hydrogen-bond donors (Lipinski definition) is 2. The number of nitrogens with one attached hydrogen (secondary N) is 1. The van der Waals surface area contributed by atoms with E-state index in [0.29, 0.717) is 11.3 Å². The van der Waals surface area contributed by atoms with Crippen LogP contribution in [0.2, 0.25) is 0 Å². The zero-order chi connectivity index (χ0) is 18.6. The highest BCUT2D eigenvalue weighted by Crippen LogP contribution is 2.23. The van der Waals surface area contributed by atoms with Gasteiger partial charge in [0.05, 0.1) is 5.57 Å². The van der Waals surface area contributed by atoms with Crippen molar-refractivity contribution in [2.45, 2.75) is 13.8 Å². The SMILES string of the molecule is CC(=N)/C(C(C)=O)=C(/O)COC(=O)c1ccc(-c2ccc(F)cc2)o1. The van der Waals surface area contributed by atoms with Crippen LogP contribution in [0.15, 0.2) is 52.1 Å². The van der Waals surface area contributed by atoms with Crippen LogP contribution in [0.3, 0.4) is 0 Å². The second-order valence-electron chi connectivity index (χ2n) is 5.25. The molecule has 1 aromatic carbocycles. The standard InChI is InChI=1S/C18H16FNO5/c1-10(20)17(11(2)21)14(22)9-24-18(23)16-8-7-15(25-16)12-3-5-13(19)6-4-12/h3-8,20,22H,9H2,1-2H3/b17-14-,20-10?. The van der Waals surface area contributed by atoms with E-state index in [-0.39, 0.29) is 22.9 Å². The van der Waals surface area contributed by atoms with E-state index in [9.17, 15) is 19.1 Å². The average Bonchev–Trinajstić information content (AvgIpc) is 3.02. The Labute approximate surface area is 143 Å². The first-order chi connectivity index (χ1) is 11.8. The Hall–Kier alpha value is -3.22. The monoisotopic (exact) mass is 345 g/mol. The van der Waals surface area contributed by atoms with Crippen molar-refractivity contribution < 1.29 is 28.2 Å². The third-order valence-electron chi connectivity index (χ3n) is 3.29. The lowest BCUT2D eigenvalue weighted by Gasteiger charge is -2.07. The van der Waals surface area contributed by atoms with Crippen LogP contribution in [-0.2, 0) is 9.53 Å². The molecule has 2 aromatic rings. The Morgan fingerprint density at radius 1 is 1.16 bits per heavy atom. The Balaban J connectivity index is 2.09. The summed E-state index contributed by atoms with van der Waals surface area (Å²) in [4.78, 5) is 23.3. The van der Waals surface area contributed by atoms with Crippen molar-refractivity contribution in [1.82, 2.24) is 0 Å². The number of halogens is 1. The van der Waals surface area contributed by atoms with E-state index < -0.39 is 24.1 Å². The van der Waals surface area contributed by atoms with Gasteiger partial charge in [0.2, 0.25) is 5.76 Å². The molecule has 0 saturated carbocycles. The van der Waals surface area contributed by atoms with E-state index in [0.717, 1.165) is 0 Å². The van der Waals surface area contributed by atoms with Gasteiger partial charge in [-0.05, 0) is 50.2 Å². The molecule has 6 nitrogen and oxygen atoms in total. The molecule has 0 aliphatic carbocycles. The van der Waals surface area contributed by atoms with Crippen molar-refractivity contribution in [2.75, 3.05) is 6.61 Å². The van der Waals surface area contributed by atoms with Crippen LogP contribution >= 0.6 is 0 Å². The Bertz CT molecular complexity index is 833. The number of ether oxygens (including phenoxy) is 1. The Kier molecular flexibility index (Phi) is 5.49. The highest BCUT2D eigenvalue weighted by Gasteiger charge is 2.18. The number of Topliss-reactive ketones (excluding diaryl/α,β-unsaturated/α-hetero) is 1. The van der Waals surface area contributed by atoms with Gasteiger partial charge in [-0.2, -0.15) is 0 Å². The van der Waals surface area contributed by atoms with Crippen molar-refractivity contribution in [3.63, 3.8) is 0 Å². The summed E-state index contributed by atoms with van der Waals surface area (Å²) in [6.07, 6.45) is 0. The van der Waals surface area contributed by atoms with Crippen LogP contribution in [0.25, 0.3) is 11.3 Å². The van der Waals surface area contributed by atoms with E-state index in [4.69, 9.17) is 14.6 Å². The van der Waals surface area contributed by atoms with Crippen molar-refractivity contribution in [1.29, 1.82) is 5.41 Å². The van der Waals surface area contributed by atoms with Gasteiger partial charge in [-0.15, -0.1) is 0 Å². The first-order valence-corrected chi connectivity index (χ1v) is 7.31. The maximum atomic E-state index is 12.9. The van der Waals surface area contributed by atoms with Crippen LogP contribution in [0.4, 0.5) is 4.39 Å². The van der Waals surface area contributed by atoms with E-state index in [1.54, 1.807) is 0 Å². The van der Waals surface area contributed by atoms with E-state index in [2.05, 4.69) is 0 Å². The third-order valence-corrected chi connectivity index (χ3v) is 3.29. The topological polar surface area (TPSA) is 101 Å². The number of ketones is 1. The van der Waals surface area contributed by atoms with Gasteiger partial charge in [0.15, 0.2) is 5.78 Å². The molecule has 2 rings (SSSR count). The zero-order valence-corrected chi connectivity index (χ0v) is 13.6. The summed E-state index contributed by atoms with van der Waals surface area (Å²) in [5, 5.41) is 17.3. The van der Waals surface area contributed by atoms with E-state index >= 15 is 0 Å². The van der Waals surface area contributed by atoms with Crippen molar-refractivity contribution >= 4 is 17.5 Å². The van der Waals surface area contributed by atoms with Crippen molar-refractivity contribution in [3.8, 4) is 11.3 Å². The lowest BCUT2D eigenvalue weighted by atomic mass is 10.1. The van der Waals surface area contributed by atoms with E-state index in [1.165, 1.54) is 50.2 Å². The number of aliphatic hydroxyl groups excluding tert-OH is 1. The largest absolute Gasteiger partial charge is 0.508 e. The fraction of sp³-hybridized carbons (Fsp3) is 0.167. The predicted octanol–water partition coefficient (Wildman–Crippen LogP) is 3.68. The minimum Gasteiger partial charge on any atom is -0.508 e. The second-order valence-corrected chi connectivity index (χ2v) is 5.25. The molecule has 2 N–H and O–H groups in total. The quantitative estimate of drug-likeness (QED) is 0.360. The number of allylic oxidation sites excluding steroid dienone is 1. The summed E-state index contributed by atoms with van der Waals surface area (Å²) in [6, 6.07) is 8.45. The molecule has 25 heavy (non-hydrogen) atoms. The molecular weight excluding hydrogens is 329 g/mol. The fourth-order valence-corrected chi connectivity index (χ4v) is 2.18. The predicted molar refractivity (Wildman–Crippen MR) is 88.1 cm³/mol. The first kappa shape index (κ1) is 18.1. The van der Waals surface area contributed by atoms with E-state index in [1.807, 2.05) is 0 Å². The smallest absolute Gasteiger partial charge is 0.374 e. The van der Waals surface area contributed by atoms with Crippen LogP contribution in [-0.4, -0.2) is 29.2 Å². The minimum absolute atomic E-state index is 0.108. The molecule has 1 heterocycles. The molecule has 0 spiro atoms. The molecule has 0 bridgehead atoms. The average molecular weight is 345 g/mol. The maximum Gasteiger partial charge on any atom is 0.374 e. The summed E-state index contributed by atoms with van der Waals surface area (Å²) in [5.41, 5.74) is 0.262. The fourth-order valence-electron chi connectivity index (χ4n) is 2.18. The number of aliphatic hydroxyl groups is 1. The van der Waals surface area contributed by atoms with Gasteiger partial charge in [0.1, 0.15) is 23.9 Å². The zero-order valence-electron chi connectivity index (χ0n) is 13.6. The Morgan fingerprint density at radius 2 is 1.80 bits per heavy atom. The summed E-state index contributed by atoms with van der Waals surface area (Å²) in [7, 11) is 0. The van der Waals surface area contributed by atoms with Gasteiger partial charge in [-0.3, -0.25) is 4.79 Å². The number of benzene rings is 1. The van der Waals surface area contributed by atoms with Gasteiger partial charge in [0, 0.05) is 11.3 Å². The number of hydrogen-bond acceptors (Lipinski definition) is 6. The summed E-state index contributed by atoms with van der Waals surface area (Å²) >= 11 is 0. The highest BCUT2D eigenvalue weighted by molar-refractivity contribution is 6.19. The molecule has 7 heteroatoms. The summed E-state index contributed by atoms with van der Waals surface area (Å²) in [6.45, 7) is 1.99. The minimum atomic E-state index is -0.842. The van der Waals surface area contributed by atoms with Crippen LogP contribution < -0.4 is 0 Å². The first-order valence-electron chi connectivity index (χ1n) is 7.31. The van der Waals surface area contributed by atoms with Crippen molar-refractivity contribution in [3.05, 3.63) is 59.3 Å². The normalized spacial score (nSPS) is 11.6. The summed E-state index contributed by atoms with van der Waals surface area (Å²) < 4.78 is 23.2. The molecule has 0 saturated heterocycles. The van der Waals surface area contributed by atoms with Gasteiger partial charge in [-0.1, -0.05) is 0 Å². The summed E-state index contributed by atoms with van der Waals surface area (Å²) in [5.74, 6) is -1.99.